The van der Waals surface area contributed by atoms with Gasteiger partial charge in [0, 0.05) is 31.7 Å². The molecule has 6 rings (SSSR count). The number of aromatic nitrogens is 1. The summed E-state index contributed by atoms with van der Waals surface area (Å²) in [6.45, 7) is 0. The lowest BCUT2D eigenvalue weighted by atomic mass is 9.92. The van der Waals surface area contributed by atoms with Crippen LogP contribution in [0, 0.1) is 0 Å². The van der Waals surface area contributed by atoms with E-state index in [0.717, 1.165) is 42.8 Å². The third-order valence-electron chi connectivity index (χ3n) is 6.24. The first-order valence-electron chi connectivity index (χ1n) is 11.7. The average molecular weight is 484 g/mol. The Bertz CT molecular complexity index is 1680. The summed E-state index contributed by atoms with van der Waals surface area (Å²) < 4.78 is 0. The third-order valence-corrected chi connectivity index (χ3v) is 7.53. The number of carboxylic acid groups (broad SMARTS) is 1. The second-order valence-electron chi connectivity index (χ2n) is 8.46. The molecule has 2 heterocycles. The number of pyridine rings is 1. The Morgan fingerprint density at radius 3 is 1.44 bits per heavy atom. The van der Waals surface area contributed by atoms with Gasteiger partial charge in [0.15, 0.2) is 5.69 Å². The van der Waals surface area contributed by atoms with Gasteiger partial charge < -0.3 is 5.11 Å². The minimum Gasteiger partial charge on any atom is -0.476 e. The van der Waals surface area contributed by atoms with E-state index in [2.05, 4.69) is 24.3 Å². The molecule has 0 spiro atoms. The number of benzene rings is 4. The number of rotatable bonds is 5. The molecule has 3 nitrogen and oxygen atoms in total. The van der Waals surface area contributed by atoms with E-state index in [1.165, 1.54) is 0 Å². The lowest BCUT2D eigenvalue weighted by molar-refractivity contribution is 0.0691. The lowest BCUT2D eigenvalue weighted by Crippen LogP contribution is -2.06. The van der Waals surface area contributed by atoms with Crippen molar-refractivity contribution < 1.29 is 9.90 Å². The van der Waals surface area contributed by atoms with E-state index < -0.39 is 5.97 Å². The fourth-order valence-corrected chi connectivity index (χ4v) is 5.99. The van der Waals surface area contributed by atoms with Gasteiger partial charge in [0.1, 0.15) is 0 Å². The van der Waals surface area contributed by atoms with Crippen LogP contribution in [-0.2, 0) is 0 Å². The zero-order chi connectivity index (χ0) is 24.5. The monoisotopic (exact) mass is 483 g/mol. The van der Waals surface area contributed by atoms with E-state index in [9.17, 15) is 9.90 Å². The van der Waals surface area contributed by atoms with Crippen LogP contribution in [0.1, 0.15) is 10.5 Å². The summed E-state index contributed by atoms with van der Waals surface area (Å²) >= 11 is 1.68. The smallest absolute Gasteiger partial charge is 0.355 e. The van der Waals surface area contributed by atoms with Gasteiger partial charge in [-0.05, 0) is 16.7 Å². The summed E-state index contributed by atoms with van der Waals surface area (Å²) in [5.41, 5.74) is 5.24. The lowest BCUT2D eigenvalue weighted by Gasteiger charge is -2.14. The van der Waals surface area contributed by atoms with E-state index in [0.29, 0.717) is 11.3 Å². The predicted molar refractivity (Wildman–Crippen MR) is 148 cm³/mol. The molecular formula is C32H21NO2S. The highest BCUT2D eigenvalue weighted by Crippen LogP contribution is 2.51. The van der Waals surface area contributed by atoms with Crippen molar-refractivity contribution in [2.24, 2.45) is 0 Å². The van der Waals surface area contributed by atoms with Crippen LogP contribution < -0.4 is 0 Å². The largest absolute Gasteiger partial charge is 0.476 e. The van der Waals surface area contributed by atoms with Crippen molar-refractivity contribution in [3.63, 3.8) is 0 Å². The van der Waals surface area contributed by atoms with Gasteiger partial charge in [0.2, 0.25) is 0 Å². The number of aromatic carboxylic acids is 1. The predicted octanol–water partition coefficient (Wildman–Crippen LogP) is 8.66. The Kier molecular flexibility index (Phi) is 5.64. The number of hydrogen-bond donors (Lipinski definition) is 1. The van der Waals surface area contributed by atoms with E-state index in [-0.39, 0.29) is 5.69 Å². The van der Waals surface area contributed by atoms with Crippen molar-refractivity contribution in [3.05, 3.63) is 127 Å². The molecular weight excluding hydrogens is 462 g/mol. The van der Waals surface area contributed by atoms with Gasteiger partial charge in [0.05, 0.1) is 5.69 Å². The number of hydrogen-bond acceptors (Lipinski definition) is 3. The van der Waals surface area contributed by atoms with Crippen molar-refractivity contribution >= 4 is 28.1 Å². The number of carboxylic acids is 1. The second-order valence-corrected chi connectivity index (χ2v) is 9.48. The van der Waals surface area contributed by atoms with Crippen molar-refractivity contribution in [2.75, 3.05) is 0 Å². The van der Waals surface area contributed by atoms with Gasteiger partial charge in [-0.3, -0.25) is 0 Å². The molecule has 0 fully saturated rings. The molecule has 4 heteroatoms. The highest BCUT2D eigenvalue weighted by molar-refractivity contribution is 7.21. The second kappa shape index (κ2) is 9.25. The molecule has 172 valence electrons. The molecule has 1 N–H and O–H groups in total. The van der Waals surface area contributed by atoms with Crippen molar-refractivity contribution in [1.82, 2.24) is 4.98 Å². The third kappa shape index (κ3) is 3.78. The standard InChI is InChI=1S/C32H21NO2S/c34-32(35)29-25(21-13-5-1-6-14-21)26-27(28(33-29)22-15-7-2-8-16-22)31(24-19-11-4-12-20-24)36-30(26)23-17-9-3-10-18-23/h1-20H,(H,34,35). The zero-order valence-electron chi connectivity index (χ0n) is 19.3. The molecule has 0 saturated heterocycles. The van der Waals surface area contributed by atoms with Crippen LogP contribution in [0.3, 0.4) is 0 Å². The summed E-state index contributed by atoms with van der Waals surface area (Å²) in [5.74, 6) is -1.04. The molecule has 0 aliphatic heterocycles. The Balaban J connectivity index is 1.86. The van der Waals surface area contributed by atoms with Crippen LogP contribution in [0.25, 0.3) is 54.0 Å². The summed E-state index contributed by atoms with van der Waals surface area (Å²) in [6, 6.07) is 40.0. The van der Waals surface area contributed by atoms with E-state index in [1.54, 1.807) is 11.3 Å². The first kappa shape index (κ1) is 22.0. The highest BCUT2D eigenvalue weighted by atomic mass is 32.1. The normalized spacial score (nSPS) is 11.0. The Morgan fingerprint density at radius 1 is 0.556 bits per heavy atom. The van der Waals surface area contributed by atoms with Gasteiger partial charge in [-0.25, -0.2) is 9.78 Å². The molecule has 0 amide bonds. The van der Waals surface area contributed by atoms with Gasteiger partial charge in [-0.2, -0.15) is 0 Å². The average Bonchev–Trinajstić information content (AvgIpc) is 3.35. The van der Waals surface area contributed by atoms with Crippen LogP contribution in [0.15, 0.2) is 121 Å². The van der Waals surface area contributed by atoms with Crippen molar-refractivity contribution in [1.29, 1.82) is 0 Å². The minimum absolute atomic E-state index is 0.0575. The Labute approximate surface area is 213 Å². The van der Waals surface area contributed by atoms with Crippen LogP contribution in [-0.4, -0.2) is 16.1 Å². The number of fused-ring (bicyclic) bond motifs is 1. The van der Waals surface area contributed by atoms with Crippen LogP contribution >= 0.6 is 11.3 Å². The van der Waals surface area contributed by atoms with Crippen LogP contribution in [0.2, 0.25) is 0 Å². The minimum atomic E-state index is -1.04. The Morgan fingerprint density at radius 2 is 0.972 bits per heavy atom. The molecule has 0 unspecified atom stereocenters. The summed E-state index contributed by atoms with van der Waals surface area (Å²) in [7, 11) is 0. The van der Waals surface area contributed by atoms with E-state index in [1.807, 2.05) is 97.1 Å². The molecule has 36 heavy (non-hydrogen) atoms. The van der Waals surface area contributed by atoms with Crippen LogP contribution in [0.4, 0.5) is 0 Å². The maximum atomic E-state index is 12.7. The molecule has 0 saturated carbocycles. The van der Waals surface area contributed by atoms with Crippen LogP contribution in [0.5, 0.6) is 0 Å². The Hall–Kier alpha value is -4.54. The number of thiophene rings is 1. The summed E-state index contributed by atoms with van der Waals surface area (Å²) in [5, 5.41) is 12.3. The number of carbonyl (C=O) groups is 1. The maximum absolute atomic E-state index is 12.7. The molecule has 0 atom stereocenters. The van der Waals surface area contributed by atoms with E-state index in [4.69, 9.17) is 4.98 Å². The topological polar surface area (TPSA) is 50.2 Å². The van der Waals surface area contributed by atoms with Gasteiger partial charge in [-0.1, -0.05) is 121 Å². The first-order chi connectivity index (χ1) is 17.7. The quantitative estimate of drug-likeness (QED) is 0.267. The molecule has 0 aliphatic carbocycles. The fourth-order valence-electron chi connectivity index (χ4n) is 4.67. The summed E-state index contributed by atoms with van der Waals surface area (Å²) in [6.07, 6.45) is 0. The van der Waals surface area contributed by atoms with Crippen molar-refractivity contribution in [3.8, 4) is 43.3 Å². The van der Waals surface area contributed by atoms with Gasteiger partial charge in [-0.15, -0.1) is 11.3 Å². The maximum Gasteiger partial charge on any atom is 0.355 e. The molecule has 0 bridgehead atoms. The first-order valence-corrected chi connectivity index (χ1v) is 12.5. The van der Waals surface area contributed by atoms with Gasteiger partial charge >= 0.3 is 5.97 Å². The molecule has 0 aliphatic rings. The molecule has 0 radical (unpaired) electrons. The number of nitrogens with zero attached hydrogens (tertiary/aromatic N) is 1. The molecule has 2 aromatic heterocycles. The summed E-state index contributed by atoms with van der Waals surface area (Å²) in [4.78, 5) is 19.6. The van der Waals surface area contributed by atoms with Gasteiger partial charge in [0.25, 0.3) is 0 Å². The fraction of sp³-hybridized carbons (Fsp3) is 0. The van der Waals surface area contributed by atoms with E-state index >= 15 is 0 Å². The zero-order valence-corrected chi connectivity index (χ0v) is 20.1. The molecule has 4 aromatic carbocycles. The van der Waals surface area contributed by atoms with Crippen molar-refractivity contribution in [2.45, 2.75) is 0 Å². The SMILES string of the molecule is O=C(O)c1nc(-c2ccccc2)c2c(-c3ccccc3)sc(-c3ccccc3)c2c1-c1ccccc1. The highest BCUT2D eigenvalue weighted by Gasteiger charge is 2.27. The molecule has 6 aromatic rings.